The number of aromatic nitrogens is 2. The molecule has 10 heteroatoms. The molecule has 0 bridgehead atoms. The molecule has 0 radical (unpaired) electrons. The Morgan fingerprint density at radius 1 is 1.15 bits per heavy atom. The summed E-state index contributed by atoms with van der Waals surface area (Å²) in [6, 6.07) is 14.1. The van der Waals surface area contributed by atoms with E-state index in [1.54, 1.807) is 36.5 Å². The Morgan fingerprint density at radius 3 is 2.56 bits per heavy atom. The zero-order chi connectivity index (χ0) is 28.7. The van der Waals surface area contributed by atoms with Crippen LogP contribution in [0.4, 0.5) is 14.9 Å². The number of hydrogen-bond donors (Lipinski definition) is 2. The molecule has 4 heterocycles. The van der Waals surface area contributed by atoms with Gasteiger partial charge in [-0.05, 0) is 66.9 Å². The van der Waals surface area contributed by atoms with Crippen LogP contribution in [0.15, 0.2) is 67.0 Å². The second-order valence-corrected chi connectivity index (χ2v) is 10.8. The molecule has 0 aliphatic carbocycles. The molecular formula is C31H32FN5O4. The third kappa shape index (κ3) is 4.58. The number of aliphatic hydroxyl groups excluding tert-OH is 1. The fraction of sp³-hybridized carbons (Fsp3) is 0.323. The van der Waals surface area contributed by atoms with E-state index in [1.807, 2.05) is 34.7 Å². The first kappa shape index (κ1) is 26.8. The monoisotopic (exact) mass is 557 g/mol. The molecule has 0 saturated carbocycles. The summed E-state index contributed by atoms with van der Waals surface area (Å²) in [5.74, 6) is 0.259. The van der Waals surface area contributed by atoms with Gasteiger partial charge < -0.3 is 29.5 Å². The predicted molar refractivity (Wildman–Crippen MR) is 152 cm³/mol. The minimum absolute atomic E-state index is 0.0641. The lowest BCUT2D eigenvalue weighted by molar-refractivity contribution is 0.0537. The summed E-state index contributed by atoms with van der Waals surface area (Å²) in [7, 11) is 3.57. The number of halogens is 1. The summed E-state index contributed by atoms with van der Waals surface area (Å²) < 4.78 is 21.0. The molecule has 1 atom stereocenters. The summed E-state index contributed by atoms with van der Waals surface area (Å²) in [5, 5.41) is 14.6. The molecule has 212 valence electrons. The third-order valence-electron chi connectivity index (χ3n) is 8.59. The van der Waals surface area contributed by atoms with Gasteiger partial charge in [0.1, 0.15) is 11.6 Å². The normalized spacial score (nSPS) is 17.9. The highest BCUT2D eigenvalue weighted by atomic mass is 19.1. The standard InChI is InChI=1S/C31H32FN5O4/c1-35-25-16-23(41-2)9-10-24(25)27-28(35)26(18-38)37(30(40)34-22-7-5-21(32)6-8-22)19-31(27)11-14-36(15-12-31)29(39)20-4-3-13-33-17-20/h3-10,13,16-17,26,38H,11-12,14-15,18-19H2,1-2H3,(H,34,40)/t26-/m0/s1. The van der Waals surface area contributed by atoms with Crippen LogP contribution in [0.1, 0.15) is 40.5 Å². The fourth-order valence-electron chi connectivity index (χ4n) is 6.52. The molecule has 6 rings (SSSR count). The van der Waals surface area contributed by atoms with Crippen LogP contribution in [-0.2, 0) is 12.5 Å². The number of likely N-dealkylation sites (tertiary alicyclic amines) is 1. The quantitative estimate of drug-likeness (QED) is 0.386. The third-order valence-corrected chi connectivity index (χ3v) is 8.59. The summed E-state index contributed by atoms with van der Waals surface area (Å²) in [4.78, 5) is 34.6. The van der Waals surface area contributed by atoms with Crippen molar-refractivity contribution in [2.45, 2.75) is 24.3 Å². The van der Waals surface area contributed by atoms with Crippen molar-refractivity contribution < 1.29 is 23.8 Å². The van der Waals surface area contributed by atoms with Crippen molar-refractivity contribution >= 4 is 28.5 Å². The van der Waals surface area contributed by atoms with Crippen molar-refractivity contribution in [3.05, 3.63) is 89.6 Å². The lowest BCUT2D eigenvalue weighted by Crippen LogP contribution is -2.56. The molecule has 1 saturated heterocycles. The number of anilines is 1. The van der Waals surface area contributed by atoms with Crippen molar-refractivity contribution in [2.24, 2.45) is 7.05 Å². The molecular weight excluding hydrogens is 525 g/mol. The van der Waals surface area contributed by atoms with Crippen LogP contribution in [0.5, 0.6) is 5.75 Å². The summed E-state index contributed by atoms with van der Waals surface area (Å²) >= 11 is 0. The molecule has 3 amide bonds. The van der Waals surface area contributed by atoms with Gasteiger partial charge in [-0.15, -0.1) is 0 Å². The number of carbonyl (C=O) groups is 2. The van der Waals surface area contributed by atoms with Crippen LogP contribution in [-0.4, -0.2) is 69.7 Å². The van der Waals surface area contributed by atoms with Crippen LogP contribution in [0.3, 0.4) is 0 Å². The van der Waals surface area contributed by atoms with Gasteiger partial charge in [-0.25, -0.2) is 9.18 Å². The van der Waals surface area contributed by atoms with E-state index in [9.17, 15) is 19.1 Å². The van der Waals surface area contributed by atoms with Gasteiger partial charge in [0.2, 0.25) is 0 Å². The predicted octanol–water partition coefficient (Wildman–Crippen LogP) is 4.48. The van der Waals surface area contributed by atoms with Gasteiger partial charge in [-0.2, -0.15) is 0 Å². The number of methoxy groups -OCH3 is 1. The fourth-order valence-corrected chi connectivity index (χ4v) is 6.52. The van der Waals surface area contributed by atoms with E-state index in [-0.39, 0.29) is 18.5 Å². The number of ether oxygens (including phenoxy) is 1. The Kier molecular flexibility index (Phi) is 6.86. The number of rotatable bonds is 4. The average molecular weight is 558 g/mol. The second kappa shape index (κ2) is 10.5. The molecule has 2 aromatic carbocycles. The summed E-state index contributed by atoms with van der Waals surface area (Å²) in [6.07, 6.45) is 4.49. The van der Waals surface area contributed by atoms with Gasteiger partial charge >= 0.3 is 6.03 Å². The van der Waals surface area contributed by atoms with Gasteiger partial charge in [0, 0.05) is 67.3 Å². The molecule has 9 nitrogen and oxygen atoms in total. The van der Waals surface area contributed by atoms with Gasteiger partial charge in [0.05, 0.1) is 30.8 Å². The number of urea groups is 1. The van der Waals surface area contributed by atoms with Crippen molar-refractivity contribution in [1.29, 1.82) is 0 Å². The SMILES string of the molecule is COc1ccc2c3c(n(C)c2c1)[C@H](CO)N(C(=O)Nc1ccc(F)cc1)CC31CCN(C(=O)c2cccnc2)CC1. The Labute approximate surface area is 237 Å². The highest BCUT2D eigenvalue weighted by molar-refractivity contribution is 5.94. The zero-order valence-electron chi connectivity index (χ0n) is 23.0. The molecule has 2 aliphatic heterocycles. The largest absolute Gasteiger partial charge is 0.497 e. The van der Waals surface area contributed by atoms with E-state index in [4.69, 9.17) is 4.74 Å². The summed E-state index contributed by atoms with van der Waals surface area (Å²) in [5.41, 5.74) is 3.47. The van der Waals surface area contributed by atoms with Crippen molar-refractivity contribution in [3.63, 3.8) is 0 Å². The highest BCUT2D eigenvalue weighted by Gasteiger charge is 2.50. The van der Waals surface area contributed by atoms with Gasteiger partial charge in [0.15, 0.2) is 0 Å². The molecule has 2 aliphatic rings. The number of aliphatic hydroxyl groups is 1. The topological polar surface area (TPSA) is 99.9 Å². The first-order valence-electron chi connectivity index (χ1n) is 13.7. The van der Waals surface area contributed by atoms with E-state index in [2.05, 4.69) is 10.3 Å². The van der Waals surface area contributed by atoms with Gasteiger partial charge in [0.25, 0.3) is 5.91 Å². The molecule has 4 aromatic rings. The van der Waals surface area contributed by atoms with E-state index >= 15 is 0 Å². The highest BCUT2D eigenvalue weighted by Crippen LogP contribution is 2.50. The number of nitrogens with one attached hydrogen (secondary N) is 1. The molecule has 41 heavy (non-hydrogen) atoms. The van der Waals surface area contributed by atoms with Crippen LogP contribution >= 0.6 is 0 Å². The minimum atomic E-state index is -0.602. The van der Waals surface area contributed by atoms with Crippen molar-refractivity contribution in [1.82, 2.24) is 19.4 Å². The molecule has 2 N–H and O–H groups in total. The average Bonchev–Trinajstić information content (AvgIpc) is 3.31. The Morgan fingerprint density at radius 2 is 1.90 bits per heavy atom. The van der Waals surface area contributed by atoms with Gasteiger partial charge in [-0.3, -0.25) is 9.78 Å². The second-order valence-electron chi connectivity index (χ2n) is 10.8. The number of aryl methyl sites for hydroxylation is 1. The van der Waals surface area contributed by atoms with Crippen molar-refractivity contribution in [3.8, 4) is 5.75 Å². The van der Waals surface area contributed by atoms with Crippen molar-refractivity contribution in [2.75, 3.05) is 38.7 Å². The van der Waals surface area contributed by atoms with E-state index in [0.29, 0.717) is 49.5 Å². The molecule has 2 aromatic heterocycles. The minimum Gasteiger partial charge on any atom is -0.497 e. The van der Waals surface area contributed by atoms with E-state index in [0.717, 1.165) is 22.2 Å². The smallest absolute Gasteiger partial charge is 0.322 e. The van der Waals surface area contributed by atoms with Crippen LogP contribution in [0.2, 0.25) is 0 Å². The number of hydrogen-bond acceptors (Lipinski definition) is 5. The number of fused-ring (bicyclic) bond motifs is 4. The van der Waals surface area contributed by atoms with E-state index < -0.39 is 17.3 Å². The number of pyridine rings is 1. The number of benzene rings is 2. The molecule has 1 fully saturated rings. The number of piperidine rings is 1. The molecule has 1 spiro atoms. The number of carbonyl (C=O) groups excluding carboxylic acids is 2. The number of amides is 3. The maximum Gasteiger partial charge on any atom is 0.322 e. The lowest BCUT2D eigenvalue weighted by Gasteiger charge is -2.50. The Bertz CT molecular complexity index is 1600. The Hall–Kier alpha value is -4.44. The van der Waals surface area contributed by atoms with Crippen LogP contribution in [0, 0.1) is 5.82 Å². The van der Waals surface area contributed by atoms with Crippen LogP contribution < -0.4 is 10.1 Å². The first-order valence-corrected chi connectivity index (χ1v) is 13.7. The van der Waals surface area contributed by atoms with Crippen LogP contribution in [0.25, 0.3) is 10.9 Å². The number of nitrogens with zero attached hydrogens (tertiary/aromatic N) is 4. The zero-order valence-corrected chi connectivity index (χ0v) is 23.0. The van der Waals surface area contributed by atoms with Gasteiger partial charge in [-0.1, -0.05) is 0 Å². The maximum absolute atomic E-state index is 13.8. The Balaban J connectivity index is 1.41. The van der Waals surface area contributed by atoms with E-state index in [1.165, 1.54) is 24.3 Å². The molecule has 0 unspecified atom stereocenters. The lowest BCUT2D eigenvalue weighted by atomic mass is 9.68. The maximum atomic E-state index is 13.8. The summed E-state index contributed by atoms with van der Waals surface area (Å²) in [6.45, 7) is 1.11. The first-order chi connectivity index (χ1) is 19.8.